The summed E-state index contributed by atoms with van der Waals surface area (Å²) in [6.45, 7) is 2.18. The highest BCUT2D eigenvalue weighted by atomic mass is 32.2. The Morgan fingerprint density at radius 1 is 0.956 bits per heavy atom. The number of rotatable bonds is 10. The summed E-state index contributed by atoms with van der Waals surface area (Å²) in [5.41, 5.74) is 3.42. The molecule has 6 atom stereocenters. The van der Waals surface area contributed by atoms with Crippen LogP contribution in [-0.4, -0.2) is 70.9 Å². The Hall–Kier alpha value is -4.22. The van der Waals surface area contributed by atoms with Crippen LogP contribution < -0.4 is 10.6 Å². The van der Waals surface area contributed by atoms with Gasteiger partial charge < -0.3 is 20.6 Å². The van der Waals surface area contributed by atoms with Crippen molar-refractivity contribution >= 4 is 40.5 Å². The van der Waals surface area contributed by atoms with E-state index >= 15 is 0 Å². The Bertz CT molecular complexity index is 1730. The average molecular weight is 625 g/mol. The first-order valence-electron chi connectivity index (χ1n) is 15.4. The Kier molecular flexibility index (Phi) is 7.61. The van der Waals surface area contributed by atoms with Crippen LogP contribution in [0.4, 0.5) is 0 Å². The number of nitrogens with zero attached hydrogens (tertiary/aromatic N) is 4. The maximum absolute atomic E-state index is 14.6. The third-order valence-corrected chi connectivity index (χ3v) is 11.8. The van der Waals surface area contributed by atoms with Crippen LogP contribution >= 0.6 is 11.8 Å². The molecule has 2 bridgehead atoms. The van der Waals surface area contributed by atoms with Gasteiger partial charge in [0, 0.05) is 11.3 Å². The van der Waals surface area contributed by atoms with E-state index < -0.39 is 33.4 Å². The topological polar surface area (TPSA) is 129 Å². The summed E-state index contributed by atoms with van der Waals surface area (Å²) in [5.74, 6) is -2.04. The monoisotopic (exact) mass is 624 g/mol. The molecule has 3 aliphatic rings. The van der Waals surface area contributed by atoms with Crippen LogP contribution in [-0.2, 0) is 34.0 Å². The predicted octanol–water partition coefficient (Wildman–Crippen LogP) is 2.91. The second-order valence-electron chi connectivity index (χ2n) is 12.5. The van der Waals surface area contributed by atoms with Crippen molar-refractivity contribution in [3.63, 3.8) is 0 Å². The van der Waals surface area contributed by atoms with Crippen molar-refractivity contribution in [2.75, 3.05) is 6.61 Å². The molecule has 3 fully saturated rings. The number of thioether (sulfide) groups is 1. The van der Waals surface area contributed by atoms with E-state index in [0.717, 1.165) is 16.6 Å². The van der Waals surface area contributed by atoms with Crippen LogP contribution in [0.5, 0.6) is 0 Å². The van der Waals surface area contributed by atoms with Crippen molar-refractivity contribution in [1.29, 1.82) is 0 Å². The number of carbonyl (C=O) groups is 3. The fourth-order valence-electron chi connectivity index (χ4n) is 7.77. The van der Waals surface area contributed by atoms with Crippen molar-refractivity contribution in [1.82, 2.24) is 30.5 Å². The molecule has 3 aromatic carbocycles. The van der Waals surface area contributed by atoms with Gasteiger partial charge in [0.15, 0.2) is 0 Å². The molecular formula is C34H36N6O4S. The second-order valence-corrected chi connectivity index (χ2v) is 14.4. The van der Waals surface area contributed by atoms with E-state index in [-0.39, 0.29) is 31.0 Å². The third kappa shape index (κ3) is 4.98. The van der Waals surface area contributed by atoms with Gasteiger partial charge in [-0.25, -0.2) is 4.68 Å². The van der Waals surface area contributed by atoms with Gasteiger partial charge in [-0.3, -0.25) is 14.4 Å². The second kappa shape index (κ2) is 11.6. The first kappa shape index (κ1) is 29.5. The Morgan fingerprint density at radius 2 is 1.64 bits per heavy atom. The van der Waals surface area contributed by atoms with Crippen molar-refractivity contribution in [3.05, 3.63) is 96.1 Å². The minimum absolute atomic E-state index is 0.0734. The van der Waals surface area contributed by atoms with Gasteiger partial charge in [-0.2, -0.15) is 0 Å². The number of likely N-dealkylation sites (tertiary alicyclic amines) is 1. The van der Waals surface area contributed by atoms with Gasteiger partial charge in [-0.15, -0.1) is 16.9 Å². The summed E-state index contributed by atoms with van der Waals surface area (Å²) in [6, 6.07) is 25.3. The molecule has 2 unspecified atom stereocenters. The fourth-order valence-corrected chi connectivity index (χ4v) is 10.1. The molecular weight excluding hydrogens is 588 g/mol. The van der Waals surface area contributed by atoms with Crippen molar-refractivity contribution in [3.8, 4) is 0 Å². The molecule has 1 aromatic heterocycles. The molecule has 45 heavy (non-hydrogen) atoms. The third-order valence-electron chi connectivity index (χ3n) is 9.80. The molecule has 3 aliphatic heterocycles. The van der Waals surface area contributed by atoms with Gasteiger partial charge in [0.1, 0.15) is 18.2 Å². The summed E-state index contributed by atoms with van der Waals surface area (Å²) in [7, 11) is 0. The van der Waals surface area contributed by atoms with E-state index in [0.29, 0.717) is 31.3 Å². The molecule has 4 heterocycles. The molecule has 3 N–H and O–H groups in total. The smallest absolute Gasteiger partial charge is 0.245 e. The number of hydrogen-bond acceptors (Lipinski definition) is 7. The predicted molar refractivity (Wildman–Crippen MR) is 171 cm³/mol. The summed E-state index contributed by atoms with van der Waals surface area (Å²) in [5, 5.41) is 25.2. The summed E-state index contributed by atoms with van der Waals surface area (Å²) < 4.78 is 0.318. The average Bonchev–Trinajstić information content (AvgIpc) is 3.77. The SMILES string of the molecule is C[C@@]12CCC3(S1)C(C(=O)NCn1nnc4ccccc41)N([C@@H](CO)Cc1ccccc1)C(=O)[C@@H]3[C@@H]2C(=O)NCc1ccccc1. The minimum atomic E-state index is -0.871. The summed E-state index contributed by atoms with van der Waals surface area (Å²) in [6.07, 6.45) is 1.71. The number of nitrogens with one attached hydrogen (secondary N) is 2. The lowest BCUT2D eigenvalue weighted by Gasteiger charge is -2.37. The van der Waals surface area contributed by atoms with Gasteiger partial charge in [-0.05, 0) is 49.4 Å². The van der Waals surface area contributed by atoms with Crippen LogP contribution in [0, 0.1) is 11.8 Å². The minimum Gasteiger partial charge on any atom is -0.394 e. The molecule has 11 heteroatoms. The lowest BCUT2D eigenvalue weighted by atomic mass is 9.66. The van der Waals surface area contributed by atoms with Crippen LogP contribution in [0.25, 0.3) is 11.0 Å². The number of amides is 3. The molecule has 3 amide bonds. The molecule has 0 aliphatic carbocycles. The number of aliphatic hydroxyl groups excluding tert-OH is 1. The fraction of sp³-hybridized carbons (Fsp3) is 0.382. The Balaban J connectivity index is 1.22. The number of carbonyl (C=O) groups excluding carboxylic acids is 3. The quantitative estimate of drug-likeness (QED) is 0.248. The van der Waals surface area contributed by atoms with Crippen LogP contribution in [0.3, 0.4) is 0 Å². The van der Waals surface area contributed by atoms with Gasteiger partial charge in [0.05, 0.1) is 34.7 Å². The first-order valence-corrected chi connectivity index (χ1v) is 16.2. The zero-order valence-corrected chi connectivity index (χ0v) is 25.8. The number of aromatic nitrogens is 3. The number of aliphatic hydroxyl groups is 1. The molecule has 232 valence electrons. The molecule has 0 radical (unpaired) electrons. The highest BCUT2D eigenvalue weighted by Gasteiger charge is 2.77. The van der Waals surface area contributed by atoms with Crippen LogP contribution in [0.15, 0.2) is 84.9 Å². The molecule has 7 rings (SSSR count). The van der Waals surface area contributed by atoms with E-state index in [1.54, 1.807) is 21.3 Å². The maximum Gasteiger partial charge on any atom is 0.245 e. The van der Waals surface area contributed by atoms with Gasteiger partial charge in [0.2, 0.25) is 17.7 Å². The maximum atomic E-state index is 14.6. The molecule has 1 spiro atoms. The highest BCUT2D eigenvalue weighted by Crippen LogP contribution is 2.71. The lowest BCUT2D eigenvalue weighted by molar-refractivity contribution is -0.143. The first-order chi connectivity index (χ1) is 21.8. The van der Waals surface area contributed by atoms with E-state index in [9.17, 15) is 19.5 Å². The van der Waals surface area contributed by atoms with Gasteiger partial charge in [0.25, 0.3) is 0 Å². The van der Waals surface area contributed by atoms with Crippen LogP contribution in [0.2, 0.25) is 0 Å². The number of benzene rings is 3. The van der Waals surface area contributed by atoms with E-state index in [1.165, 1.54) is 0 Å². The number of para-hydroxylation sites is 1. The largest absolute Gasteiger partial charge is 0.394 e. The summed E-state index contributed by atoms with van der Waals surface area (Å²) in [4.78, 5) is 44.5. The summed E-state index contributed by atoms with van der Waals surface area (Å²) >= 11 is 1.61. The zero-order valence-electron chi connectivity index (χ0n) is 25.0. The van der Waals surface area contributed by atoms with E-state index in [1.807, 2.05) is 84.9 Å². The van der Waals surface area contributed by atoms with Crippen molar-refractivity contribution < 1.29 is 19.5 Å². The van der Waals surface area contributed by atoms with E-state index in [2.05, 4.69) is 27.9 Å². The van der Waals surface area contributed by atoms with Crippen molar-refractivity contribution in [2.24, 2.45) is 11.8 Å². The number of fused-ring (bicyclic) bond motifs is 2. The van der Waals surface area contributed by atoms with Gasteiger partial charge in [-0.1, -0.05) is 78.0 Å². The Morgan fingerprint density at radius 3 is 2.38 bits per heavy atom. The van der Waals surface area contributed by atoms with Crippen LogP contribution in [0.1, 0.15) is 30.9 Å². The molecule has 3 saturated heterocycles. The zero-order chi connectivity index (χ0) is 31.2. The molecule has 10 nitrogen and oxygen atoms in total. The standard InChI is InChI=1S/C34H36N6O4S/c1-33-16-17-34(45-33)28(27(33)30(42)35-19-23-12-6-3-7-13-23)32(44)40(24(20-41)18-22-10-4-2-5-11-22)29(34)31(43)36-21-39-26-15-9-8-14-25(26)37-38-39/h2-15,24,27-29,41H,16-21H2,1H3,(H,35,42)(H,36,43)/t24-,27-,28+,29?,33+,34?/m1/s1. The normalized spacial score (nSPS) is 27.5. The number of hydrogen-bond donors (Lipinski definition) is 3. The lowest BCUT2D eigenvalue weighted by Crippen LogP contribution is -2.57. The van der Waals surface area contributed by atoms with Gasteiger partial charge >= 0.3 is 0 Å². The van der Waals surface area contributed by atoms with Crippen molar-refractivity contribution in [2.45, 2.75) is 61.0 Å². The molecule has 4 aromatic rings. The molecule has 0 saturated carbocycles. The Labute approximate surface area is 265 Å². The highest BCUT2D eigenvalue weighted by molar-refractivity contribution is 8.02. The van der Waals surface area contributed by atoms with E-state index in [4.69, 9.17) is 0 Å².